The molecule has 0 aromatic carbocycles. The monoisotopic (exact) mass is 208 g/mol. The molecule has 0 aromatic rings. The number of carbonyl (C=O) groups is 1. The SMILES string of the molecule is CC1(NC(=O)C2(C#N)CCC2)CCOC1. The zero-order valence-corrected chi connectivity index (χ0v) is 9.01. The number of nitrogens with one attached hydrogen (secondary N) is 1. The van der Waals surface area contributed by atoms with E-state index in [-0.39, 0.29) is 11.4 Å². The summed E-state index contributed by atoms with van der Waals surface area (Å²) in [5.41, 5.74) is -1.01. The average molecular weight is 208 g/mol. The molecule has 2 rings (SSSR count). The van der Waals surface area contributed by atoms with E-state index in [1.54, 1.807) is 0 Å². The molecule has 0 bridgehead atoms. The van der Waals surface area contributed by atoms with E-state index >= 15 is 0 Å². The highest BCUT2D eigenvalue weighted by Gasteiger charge is 2.47. The first-order valence-corrected chi connectivity index (χ1v) is 5.42. The first-order valence-electron chi connectivity index (χ1n) is 5.42. The Bertz CT molecular complexity index is 309. The van der Waals surface area contributed by atoms with Gasteiger partial charge in [0.25, 0.3) is 0 Å². The van der Waals surface area contributed by atoms with E-state index in [2.05, 4.69) is 11.4 Å². The minimum Gasteiger partial charge on any atom is -0.379 e. The van der Waals surface area contributed by atoms with Crippen LogP contribution < -0.4 is 5.32 Å². The molecule has 15 heavy (non-hydrogen) atoms. The predicted molar refractivity (Wildman–Crippen MR) is 53.9 cm³/mol. The Kier molecular flexibility index (Phi) is 2.43. The van der Waals surface area contributed by atoms with Gasteiger partial charge >= 0.3 is 0 Å². The lowest BCUT2D eigenvalue weighted by atomic mass is 9.69. The number of hydrogen-bond donors (Lipinski definition) is 1. The van der Waals surface area contributed by atoms with Gasteiger partial charge in [-0.25, -0.2) is 0 Å². The van der Waals surface area contributed by atoms with Crippen LogP contribution in [0.5, 0.6) is 0 Å². The van der Waals surface area contributed by atoms with Crippen LogP contribution in [-0.2, 0) is 9.53 Å². The van der Waals surface area contributed by atoms with Gasteiger partial charge in [0.1, 0.15) is 5.41 Å². The molecular formula is C11H16N2O2. The van der Waals surface area contributed by atoms with E-state index in [1.807, 2.05) is 6.92 Å². The van der Waals surface area contributed by atoms with Gasteiger partial charge in [0.2, 0.25) is 5.91 Å². The maximum absolute atomic E-state index is 12.0. The molecular weight excluding hydrogens is 192 g/mol. The summed E-state index contributed by atoms with van der Waals surface area (Å²) in [7, 11) is 0. The van der Waals surface area contributed by atoms with Crippen LogP contribution in [0, 0.1) is 16.7 Å². The van der Waals surface area contributed by atoms with Gasteiger partial charge in [0.15, 0.2) is 0 Å². The van der Waals surface area contributed by atoms with Crippen LogP contribution in [0.3, 0.4) is 0 Å². The molecule has 2 aliphatic rings. The minimum atomic E-state index is -0.744. The van der Waals surface area contributed by atoms with Crippen molar-refractivity contribution in [2.75, 3.05) is 13.2 Å². The maximum Gasteiger partial charge on any atom is 0.240 e. The van der Waals surface area contributed by atoms with Crippen LogP contribution >= 0.6 is 0 Å². The van der Waals surface area contributed by atoms with Crippen molar-refractivity contribution in [3.05, 3.63) is 0 Å². The van der Waals surface area contributed by atoms with Crippen molar-refractivity contribution in [1.29, 1.82) is 5.26 Å². The molecule has 1 unspecified atom stereocenters. The molecule has 82 valence electrons. The van der Waals surface area contributed by atoms with Gasteiger partial charge < -0.3 is 10.1 Å². The van der Waals surface area contributed by atoms with Crippen molar-refractivity contribution in [2.24, 2.45) is 5.41 Å². The Morgan fingerprint density at radius 1 is 1.47 bits per heavy atom. The molecule has 1 saturated heterocycles. The molecule has 1 N–H and O–H groups in total. The largest absolute Gasteiger partial charge is 0.379 e. The lowest BCUT2D eigenvalue weighted by molar-refractivity contribution is -0.133. The van der Waals surface area contributed by atoms with Gasteiger partial charge in [-0.05, 0) is 32.6 Å². The van der Waals surface area contributed by atoms with Gasteiger partial charge in [-0.3, -0.25) is 4.79 Å². The summed E-state index contributed by atoms with van der Waals surface area (Å²) in [5, 5.41) is 12.0. The fourth-order valence-electron chi connectivity index (χ4n) is 2.08. The smallest absolute Gasteiger partial charge is 0.240 e. The molecule has 1 heterocycles. The summed E-state index contributed by atoms with van der Waals surface area (Å²) in [6, 6.07) is 2.15. The summed E-state index contributed by atoms with van der Waals surface area (Å²) in [6.45, 7) is 3.22. The Morgan fingerprint density at radius 2 is 2.20 bits per heavy atom. The quantitative estimate of drug-likeness (QED) is 0.735. The van der Waals surface area contributed by atoms with E-state index in [0.717, 1.165) is 12.8 Å². The first kappa shape index (κ1) is 10.4. The van der Waals surface area contributed by atoms with Crippen LogP contribution in [0.25, 0.3) is 0 Å². The molecule has 1 saturated carbocycles. The van der Waals surface area contributed by atoms with Gasteiger partial charge in [-0.1, -0.05) is 0 Å². The highest BCUT2D eigenvalue weighted by molar-refractivity contribution is 5.87. The average Bonchev–Trinajstić information content (AvgIpc) is 2.50. The highest BCUT2D eigenvalue weighted by Crippen LogP contribution is 2.41. The van der Waals surface area contributed by atoms with Gasteiger partial charge in [0.05, 0.1) is 18.2 Å². The summed E-state index contributed by atoms with van der Waals surface area (Å²) >= 11 is 0. The van der Waals surface area contributed by atoms with Gasteiger partial charge in [-0.15, -0.1) is 0 Å². The third-order valence-corrected chi connectivity index (χ3v) is 3.49. The molecule has 1 atom stereocenters. The van der Waals surface area contributed by atoms with E-state index in [1.165, 1.54) is 0 Å². The zero-order valence-electron chi connectivity index (χ0n) is 9.01. The summed E-state index contributed by atoms with van der Waals surface area (Å²) < 4.78 is 5.26. The van der Waals surface area contributed by atoms with Crippen molar-refractivity contribution in [3.8, 4) is 6.07 Å². The van der Waals surface area contributed by atoms with Gasteiger partial charge in [-0.2, -0.15) is 5.26 Å². The van der Waals surface area contributed by atoms with Crippen LogP contribution in [-0.4, -0.2) is 24.7 Å². The minimum absolute atomic E-state index is 0.107. The number of nitriles is 1. The molecule has 0 aromatic heterocycles. The molecule has 1 aliphatic heterocycles. The molecule has 4 heteroatoms. The Hall–Kier alpha value is -1.08. The van der Waals surface area contributed by atoms with Crippen LogP contribution in [0.15, 0.2) is 0 Å². The number of carbonyl (C=O) groups excluding carboxylic acids is 1. The Balaban J connectivity index is 2.00. The van der Waals surface area contributed by atoms with E-state index in [9.17, 15) is 4.79 Å². The van der Waals surface area contributed by atoms with Crippen molar-refractivity contribution in [2.45, 2.75) is 38.1 Å². The Labute approximate surface area is 89.6 Å². The fraction of sp³-hybridized carbons (Fsp3) is 0.818. The highest BCUT2D eigenvalue weighted by atomic mass is 16.5. The Morgan fingerprint density at radius 3 is 2.60 bits per heavy atom. The van der Waals surface area contributed by atoms with E-state index < -0.39 is 5.41 Å². The lowest BCUT2D eigenvalue weighted by Gasteiger charge is -2.36. The molecule has 0 radical (unpaired) electrons. The van der Waals surface area contributed by atoms with E-state index in [4.69, 9.17) is 10.00 Å². The number of hydrogen-bond acceptors (Lipinski definition) is 3. The zero-order chi connectivity index (χ0) is 10.9. The van der Waals surface area contributed by atoms with Crippen LogP contribution in [0.4, 0.5) is 0 Å². The molecule has 2 fully saturated rings. The number of rotatable bonds is 2. The third-order valence-electron chi connectivity index (χ3n) is 3.49. The molecule has 1 aliphatic carbocycles. The lowest BCUT2D eigenvalue weighted by Crippen LogP contribution is -2.54. The van der Waals surface area contributed by atoms with Crippen molar-refractivity contribution in [1.82, 2.24) is 5.32 Å². The van der Waals surface area contributed by atoms with Crippen LogP contribution in [0.2, 0.25) is 0 Å². The second kappa shape index (κ2) is 3.49. The second-order valence-electron chi connectivity index (χ2n) is 4.86. The first-order chi connectivity index (χ1) is 7.10. The summed E-state index contributed by atoms with van der Waals surface area (Å²) in [5.74, 6) is -0.107. The van der Waals surface area contributed by atoms with Crippen molar-refractivity contribution in [3.63, 3.8) is 0 Å². The maximum atomic E-state index is 12.0. The molecule has 4 nitrogen and oxygen atoms in total. The standard InChI is InChI=1S/C11H16N2O2/c1-10(5-6-15-8-10)13-9(14)11(7-12)3-2-4-11/h2-6,8H2,1H3,(H,13,14). The van der Waals surface area contributed by atoms with Crippen LogP contribution in [0.1, 0.15) is 32.6 Å². The number of amides is 1. The molecule has 0 spiro atoms. The van der Waals surface area contributed by atoms with E-state index in [0.29, 0.717) is 26.1 Å². The summed E-state index contributed by atoms with van der Waals surface area (Å²) in [4.78, 5) is 12.0. The van der Waals surface area contributed by atoms with Crippen molar-refractivity contribution >= 4 is 5.91 Å². The summed E-state index contributed by atoms with van der Waals surface area (Å²) in [6.07, 6.45) is 3.22. The third kappa shape index (κ3) is 1.72. The van der Waals surface area contributed by atoms with Crippen molar-refractivity contribution < 1.29 is 9.53 Å². The van der Waals surface area contributed by atoms with Gasteiger partial charge in [0, 0.05) is 6.61 Å². The topological polar surface area (TPSA) is 62.1 Å². The number of nitrogens with zero attached hydrogens (tertiary/aromatic N) is 1. The fourth-order valence-corrected chi connectivity index (χ4v) is 2.08. The molecule has 1 amide bonds. The second-order valence-corrected chi connectivity index (χ2v) is 4.86. The predicted octanol–water partition coefficient (Wildman–Crippen LogP) is 0.975. The number of ether oxygens (including phenoxy) is 1. The normalized spacial score (nSPS) is 32.8.